The first-order valence-electron chi connectivity index (χ1n) is 6.13. The summed E-state index contributed by atoms with van der Waals surface area (Å²) in [5.41, 5.74) is 6.11. The first-order valence-corrected chi connectivity index (χ1v) is 6.13. The number of rotatable bonds is 2. The van der Waals surface area contributed by atoms with Crippen LogP contribution in [0.1, 0.15) is 18.6 Å². The van der Waals surface area contributed by atoms with Gasteiger partial charge in [0.15, 0.2) is 0 Å². The highest BCUT2D eigenvalue weighted by molar-refractivity contribution is 6.22. The van der Waals surface area contributed by atoms with E-state index in [0.29, 0.717) is 6.41 Å². The molecule has 0 spiro atoms. The Bertz CT molecular complexity index is 584. The summed E-state index contributed by atoms with van der Waals surface area (Å²) in [6.45, 7) is 1.56. The van der Waals surface area contributed by atoms with E-state index >= 15 is 0 Å². The molecule has 1 radical (unpaired) electrons. The number of fused-ring (bicyclic) bond motifs is 3. The van der Waals surface area contributed by atoms with Crippen LogP contribution in [0, 0.1) is 0 Å². The van der Waals surface area contributed by atoms with Gasteiger partial charge in [-0.05, 0) is 40.8 Å². The fraction of sp³-hybridized carbons (Fsp3) is 0.188. The Hall–Kier alpha value is -2.07. The van der Waals surface area contributed by atoms with Gasteiger partial charge in [0, 0.05) is 5.69 Å². The minimum absolute atomic E-state index is 0. The fourth-order valence-electron chi connectivity index (χ4n) is 2.30. The van der Waals surface area contributed by atoms with E-state index in [4.69, 9.17) is 5.02 Å². The Morgan fingerprint density at radius 2 is 1.80 bits per heavy atom. The van der Waals surface area contributed by atoms with E-state index in [9.17, 15) is 4.79 Å². The number of hydrogen-bond donors (Lipinski definition) is 2. The Labute approximate surface area is 120 Å². The van der Waals surface area contributed by atoms with Crippen molar-refractivity contribution >= 4 is 19.6 Å². The summed E-state index contributed by atoms with van der Waals surface area (Å²) < 4.78 is 0. The van der Waals surface area contributed by atoms with Gasteiger partial charge in [-0.15, -0.1) is 0 Å². The molecular weight excluding hydrogens is 249 g/mol. The quantitative estimate of drug-likeness (QED) is 0.554. The third-order valence-corrected chi connectivity index (χ3v) is 3.02. The van der Waals surface area contributed by atoms with Crippen LogP contribution >= 0.6 is 0 Å². The van der Waals surface area contributed by atoms with Crippen molar-refractivity contribution in [3.8, 4) is 11.1 Å². The van der Waals surface area contributed by atoms with Crippen LogP contribution in [-0.4, -0.2) is 18.9 Å². The van der Waals surface area contributed by atoms with E-state index in [1.807, 2.05) is 12.1 Å². The molecule has 3 rings (SSSR count). The Balaban J connectivity index is 0.000000462. The number of nitrogens with one attached hydrogen (secondary N) is 1. The van der Waals surface area contributed by atoms with E-state index in [1.54, 1.807) is 6.82 Å². The second-order valence-electron chi connectivity index (χ2n) is 4.23. The first-order chi connectivity index (χ1) is 9.30. The Morgan fingerprint density at radius 3 is 2.50 bits per heavy atom. The van der Waals surface area contributed by atoms with Crippen LogP contribution in [0.25, 0.3) is 11.1 Å². The smallest absolute Gasteiger partial charge is 0.283 e. The second-order valence-corrected chi connectivity index (χ2v) is 4.23. The number of carbonyl (C=O) groups excluding carboxylic acids is 1. The monoisotopic (exact) mass is 268 g/mol. The number of hydrogen-bond acceptors (Lipinski definition) is 2. The molecule has 3 nitrogen and oxygen atoms in total. The zero-order valence-corrected chi connectivity index (χ0v) is 10.8. The molecule has 0 saturated carbocycles. The molecule has 0 saturated heterocycles. The standard InChI is InChI=1S/C14H11NO.CH4BO.CH4/c16-9-15-12-5-6-14-11(8-12)7-10-3-1-2-4-13(10)14;1-2-3;/h1-6,8-9H,7H2,(H,15,16);3H,1H3;1H4. The van der Waals surface area contributed by atoms with Gasteiger partial charge in [0.05, 0.1) is 0 Å². The van der Waals surface area contributed by atoms with Crippen LogP contribution in [0.4, 0.5) is 5.69 Å². The van der Waals surface area contributed by atoms with Gasteiger partial charge in [-0.2, -0.15) is 0 Å². The van der Waals surface area contributed by atoms with Gasteiger partial charge >= 0.3 is 0 Å². The molecule has 2 aromatic carbocycles. The molecule has 0 aromatic heterocycles. The summed E-state index contributed by atoms with van der Waals surface area (Å²) in [6, 6.07) is 14.5. The summed E-state index contributed by atoms with van der Waals surface area (Å²) in [7, 11) is 1.00. The first kappa shape index (κ1) is 16.0. The van der Waals surface area contributed by atoms with E-state index < -0.39 is 0 Å². The minimum atomic E-state index is 0. The molecular formula is C16H19BNO2. The predicted octanol–water partition coefficient (Wildman–Crippen LogP) is 3.11. The van der Waals surface area contributed by atoms with Gasteiger partial charge in [-0.25, -0.2) is 0 Å². The summed E-state index contributed by atoms with van der Waals surface area (Å²) in [4.78, 5) is 10.4. The van der Waals surface area contributed by atoms with Crippen LogP contribution in [0.5, 0.6) is 0 Å². The van der Waals surface area contributed by atoms with E-state index in [0.717, 1.165) is 19.6 Å². The lowest BCUT2D eigenvalue weighted by molar-refractivity contribution is -0.105. The van der Waals surface area contributed by atoms with Crippen molar-refractivity contribution in [3.05, 3.63) is 53.6 Å². The molecule has 2 aromatic rings. The zero-order valence-electron chi connectivity index (χ0n) is 10.8. The van der Waals surface area contributed by atoms with E-state index in [1.165, 1.54) is 22.3 Å². The van der Waals surface area contributed by atoms with Crippen molar-refractivity contribution in [3.63, 3.8) is 0 Å². The maximum absolute atomic E-state index is 10.4. The van der Waals surface area contributed by atoms with Crippen molar-refractivity contribution in [2.24, 2.45) is 0 Å². The van der Waals surface area contributed by atoms with Crippen LogP contribution < -0.4 is 5.32 Å². The molecule has 0 atom stereocenters. The molecule has 1 aliphatic carbocycles. The van der Waals surface area contributed by atoms with Crippen molar-refractivity contribution < 1.29 is 9.82 Å². The van der Waals surface area contributed by atoms with Crippen molar-refractivity contribution in [1.82, 2.24) is 0 Å². The molecule has 0 unspecified atom stereocenters. The van der Waals surface area contributed by atoms with Crippen molar-refractivity contribution in [2.75, 3.05) is 5.32 Å². The maximum Gasteiger partial charge on any atom is 0.283 e. The largest absolute Gasteiger partial charge is 0.455 e. The average Bonchev–Trinajstić information content (AvgIpc) is 2.77. The number of amides is 1. The average molecular weight is 268 g/mol. The molecule has 0 aliphatic heterocycles. The maximum atomic E-state index is 10.4. The zero-order chi connectivity index (χ0) is 13.7. The van der Waals surface area contributed by atoms with Gasteiger partial charge in [0.1, 0.15) is 0 Å². The van der Waals surface area contributed by atoms with Gasteiger partial charge in [0.25, 0.3) is 7.48 Å². The third-order valence-electron chi connectivity index (χ3n) is 3.02. The highest BCUT2D eigenvalue weighted by Crippen LogP contribution is 2.37. The number of carbonyl (C=O) groups is 1. The molecule has 20 heavy (non-hydrogen) atoms. The highest BCUT2D eigenvalue weighted by Gasteiger charge is 2.17. The Morgan fingerprint density at radius 1 is 1.15 bits per heavy atom. The van der Waals surface area contributed by atoms with E-state index in [-0.39, 0.29) is 7.43 Å². The van der Waals surface area contributed by atoms with Gasteiger partial charge in [-0.1, -0.05) is 44.6 Å². The topological polar surface area (TPSA) is 49.3 Å². The van der Waals surface area contributed by atoms with Crippen molar-refractivity contribution in [2.45, 2.75) is 20.7 Å². The molecule has 2 N–H and O–H groups in total. The van der Waals surface area contributed by atoms with E-state index in [2.05, 4.69) is 35.6 Å². The Kier molecular flexibility index (Phi) is 6.00. The summed E-state index contributed by atoms with van der Waals surface area (Å²) >= 11 is 0. The van der Waals surface area contributed by atoms with Crippen molar-refractivity contribution in [1.29, 1.82) is 0 Å². The molecule has 103 valence electrons. The second kappa shape index (κ2) is 7.51. The normalized spacial score (nSPS) is 10.1. The minimum Gasteiger partial charge on any atom is -0.455 e. The van der Waals surface area contributed by atoms with Crippen LogP contribution in [0.2, 0.25) is 6.82 Å². The summed E-state index contributed by atoms with van der Waals surface area (Å²) in [6.07, 6.45) is 1.67. The molecule has 0 heterocycles. The van der Waals surface area contributed by atoms with Crippen LogP contribution in [0.3, 0.4) is 0 Å². The van der Waals surface area contributed by atoms with Crippen LogP contribution in [-0.2, 0) is 11.2 Å². The lowest BCUT2D eigenvalue weighted by Crippen LogP contribution is -1.94. The molecule has 1 aliphatic rings. The molecule has 0 bridgehead atoms. The molecule has 0 fully saturated rings. The SMILES string of the molecule is C.C[B]O.O=CNc1ccc2c(c1)Cc1ccccc1-2. The molecule has 4 heteroatoms. The van der Waals surface area contributed by atoms with Crippen LogP contribution in [0.15, 0.2) is 42.5 Å². The number of benzene rings is 2. The van der Waals surface area contributed by atoms with Gasteiger partial charge in [0.2, 0.25) is 6.41 Å². The van der Waals surface area contributed by atoms with Gasteiger partial charge < -0.3 is 10.3 Å². The summed E-state index contributed by atoms with van der Waals surface area (Å²) in [5, 5.41) is 10.1. The highest BCUT2D eigenvalue weighted by atomic mass is 16.2. The fourth-order valence-corrected chi connectivity index (χ4v) is 2.30. The van der Waals surface area contributed by atoms with Gasteiger partial charge in [-0.3, -0.25) is 4.79 Å². The number of anilines is 1. The predicted molar refractivity (Wildman–Crippen MR) is 84.9 cm³/mol. The third kappa shape index (κ3) is 3.28. The molecule has 1 amide bonds. The lowest BCUT2D eigenvalue weighted by atomic mass is 10.1. The lowest BCUT2D eigenvalue weighted by Gasteiger charge is -2.03. The summed E-state index contributed by atoms with van der Waals surface area (Å²) in [5.74, 6) is 0.